The number of carbonyl (C=O) groups is 1. The molecular formula is C19H21N5O3S. The molecule has 1 amide bonds. The molecule has 8 nitrogen and oxygen atoms in total. The van der Waals surface area contributed by atoms with Gasteiger partial charge in [-0.25, -0.2) is 9.48 Å². The maximum atomic E-state index is 12.0. The summed E-state index contributed by atoms with van der Waals surface area (Å²) in [7, 11) is 0. The first-order valence-electron chi connectivity index (χ1n) is 9.35. The molecule has 0 aliphatic heterocycles. The summed E-state index contributed by atoms with van der Waals surface area (Å²) in [6.45, 7) is 1.43. The molecule has 1 aliphatic carbocycles. The van der Waals surface area contributed by atoms with Gasteiger partial charge >= 0.3 is 5.63 Å². The number of nitrogens with one attached hydrogen (secondary N) is 1. The van der Waals surface area contributed by atoms with Gasteiger partial charge in [0.1, 0.15) is 5.58 Å². The molecule has 1 N–H and O–H groups in total. The normalized spacial score (nSPS) is 15.0. The van der Waals surface area contributed by atoms with E-state index in [1.807, 2.05) is 10.7 Å². The Balaban J connectivity index is 1.58. The van der Waals surface area contributed by atoms with Gasteiger partial charge in [0.05, 0.1) is 6.04 Å². The second-order valence-electron chi connectivity index (χ2n) is 6.97. The molecule has 3 aromatic rings. The fourth-order valence-electron chi connectivity index (χ4n) is 3.61. The Bertz CT molecular complexity index is 1060. The molecule has 1 fully saturated rings. The van der Waals surface area contributed by atoms with Gasteiger partial charge in [0, 0.05) is 35.9 Å². The Hall–Kier alpha value is -2.68. The molecule has 1 saturated carbocycles. The lowest BCUT2D eigenvalue weighted by atomic mass is 9.96. The predicted octanol–water partition coefficient (Wildman–Crippen LogP) is 3.54. The minimum absolute atomic E-state index is 0.178. The summed E-state index contributed by atoms with van der Waals surface area (Å²) in [6.07, 6.45) is 5.88. The highest BCUT2D eigenvalue weighted by atomic mass is 32.2. The molecule has 0 unspecified atom stereocenters. The number of thioether (sulfide) groups is 1. The topological polar surface area (TPSA) is 103 Å². The third-order valence-electron chi connectivity index (χ3n) is 4.89. The van der Waals surface area contributed by atoms with Crippen LogP contribution in [-0.4, -0.2) is 26.1 Å². The van der Waals surface area contributed by atoms with Crippen LogP contribution in [0.4, 0.5) is 5.69 Å². The lowest BCUT2D eigenvalue weighted by molar-refractivity contribution is -0.114. The van der Waals surface area contributed by atoms with Gasteiger partial charge in [0.2, 0.25) is 11.1 Å². The van der Waals surface area contributed by atoms with Gasteiger partial charge in [-0.15, -0.1) is 5.10 Å². The zero-order chi connectivity index (χ0) is 19.5. The summed E-state index contributed by atoms with van der Waals surface area (Å²) in [6, 6.07) is 7.16. The van der Waals surface area contributed by atoms with Gasteiger partial charge in [-0.05, 0) is 41.0 Å². The number of aromatic nitrogens is 4. The second-order valence-corrected chi connectivity index (χ2v) is 7.91. The number of carbonyl (C=O) groups excluding carboxylic acids is 1. The maximum Gasteiger partial charge on any atom is 0.336 e. The molecule has 2 heterocycles. The summed E-state index contributed by atoms with van der Waals surface area (Å²) in [5.74, 6) is 0.372. The Labute approximate surface area is 165 Å². The number of anilines is 1. The van der Waals surface area contributed by atoms with Crippen molar-refractivity contribution in [2.75, 3.05) is 5.32 Å². The van der Waals surface area contributed by atoms with Crippen molar-refractivity contribution in [2.24, 2.45) is 0 Å². The number of hydrogen-bond donors (Lipinski definition) is 1. The number of amides is 1. The lowest BCUT2D eigenvalue weighted by Gasteiger charge is -2.22. The van der Waals surface area contributed by atoms with Crippen LogP contribution in [-0.2, 0) is 10.5 Å². The number of benzene rings is 1. The van der Waals surface area contributed by atoms with Crippen LogP contribution < -0.4 is 10.9 Å². The average molecular weight is 399 g/mol. The largest absolute Gasteiger partial charge is 0.423 e. The molecule has 0 spiro atoms. The third kappa shape index (κ3) is 4.09. The monoisotopic (exact) mass is 399 g/mol. The van der Waals surface area contributed by atoms with Crippen LogP contribution in [0.15, 0.2) is 38.6 Å². The van der Waals surface area contributed by atoms with Crippen molar-refractivity contribution in [3.05, 3.63) is 40.2 Å². The van der Waals surface area contributed by atoms with E-state index < -0.39 is 5.63 Å². The standard InChI is InChI=1S/C19H21N5O3S/c1-12(25)20-14-7-8-16-13(9-18(26)27-17(16)10-14)11-28-19-21-22-23-24(19)15-5-3-2-4-6-15/h7-10,15H,2-6,11H2,1H3,(H,20,25). The van der Waals surface area contributed by atoms with Gasteiger partial charge in [0.15, 0.2) is 0 Å². The molecule has 28 heavy (non-hydrogen) atoms. The highest BCUT2D eigenvalue weighted by molar-refractivity contribution is 7.98. The average Bonchev–Trinajstić information content (AvgIpc) is 3.14. The molecule has 1 aliphatic rings. The zero-order valence-corrected chi connectivity index (χ0v) is 16.4. The first-order valence-corrected chi connectivity index (χ1v) is 10.3. The minimum atomic E-state index is -0.421. The predicted molar refractivity (Wildman–Crippen MR) is 106 cm³/mol. The van der Waals surface area contributed by atoms with E-state index in [4.69, 9.17) is 4.42 Å². The quantitative estimate of drug-likeness (QED) is 0.517. The number of nitrogens with zero attached hydrogens (tertiary/aromatic N) is 4. The molecule has 1 aromatic carbocycles. The molecule has 0 radical (unpaired) electrons. The highest BCUT2D eigenvalue weighted by Gasteiger charge is 2.20. The van der Waals surface area contributed by atoms with Gasteiger partial charge in [-0.2, -0.15) is 0 Å². The van der Waals surface area contributed by atoms with Crippen molar-refractivity contribution in [3.8, 4) is 0 Å². The van der Waals surface area contributed by atoms with E-state index in [0.29, 0.717) is 23.1 Å². The molecule has 9 heteroatoms. The van der Waals surface area contributed by atoms with Crippen molar-refractivity contribution in [1.82, 2.24) is 20.2 Å². The van der Waals surface area contributed by atoms with Gasteiger partial charge in [-0.1, -0.05) is 31.0 Å². The van der Waals surface area contributed by atoms with Gasteiger partial charge in [0.25, 0.3) is 0 Å². The molecule has 4 rings (SSSR count). The Morgan fingerprint density at radius 3 is 2.89 bits per heavy atom. The summed E-state index contributed by atoms with van der Waals surface area (Å²) in [5.41, 5.74) is 1.47. The lowest BCUT2D eigenvalue weighted by Crippen LogP contribution is -2.15. The van der Waals surface area contributed by atoms with Crippen molar-refractivity contribution >= 4 is 34.3 Å². The molecule has 0 bridgehead atoms. The Morgan fingerprint density at radius 2 is 2.11 bits per heavy atom. The van der Waals surface area contributed by atoms with Crippen LogP contribution in [0.25, 0.3) is 11.0 Å². The van der Waals surface area contributed by atoms with Gasteiger partial charge in [-0.3, -0.25) is 4.79 Å². The van der Waals surface area contributed by atoms with E-state index in [0.717, 1.165) is 28.9 Å². The van der Waals surface area contributed by atoms with Crippen LogP contribution in [0.2, 0.25) is 0 Å². The molecule has 0 atom stereocenters. The molecule has 2 aromatic heterocycles. The van der Waals surface area contributed by atoms with E-state index in [9.17, 15) is 9.59 Å². The fraction of sp³-hybridized carbons (Fsp3) is 0.421. The molecule has 146 valence electrons. The number of tetrazole rings is 1. The Kier molecular flexibility index (Phi) is 5.43. The SMILES string of the molecule is CC(=O)Nc1ccc2c(CSc3nnnn3C3CCCCC3)cc(=O)oc2c1. The van der Waals surface area contributed by atoms with Crippen molar-refractivity contribution in [1.29, 1.82) is 0 Å². The first kappa shape index (κ1) is 18.7. The van der Waals surface area contributed by atoms with E-state index in [1.54, 1.807) is 12.1 Å². The van der Waals surface area contributed by atoms with Gasteiger partial charge < -0.3 is 9.73 Å². The van der Waals surface area contributed by atoms with Crippen molar-refractivity contribution in [2.45, 2.75) is 56.0 Å². The highest BCUT2D eigenvalue weighted by Crippen LogP contribution is 2.32. The number of fused-ring (bicyclic) bond motifs is 1. The first-order chi connectivity index (χ1) is 13.6. The van der Waals surface area contributed by atoms with Crippen molar-refractivity contribution in [3.63, 3.8) is 0 Å². The smallest absolute Gasteiger partial charge is 0.336 e. The number of hydrogen-bond acceptors (Lipinski definition) is 7. The van der Waals surface area contributed by atoms with E-state index in [1.165, 1.54) is 44.0 Å². The number of rotatable bonds is 5. The minimum Gasteiger partial charge on any atom is -0.423 e. The summed E-state index contributed by atoms with van der Waals surface area (Å²) >= 11 is 1.52. The molecule has 0 saturated heterocycles. The zero-order valence-electron chi connectivity index (χ0n) is 15.6. The van der Waals surface area contributed by atoms with Crippen molar-refractivity contribution < 1.29 is 9.21 Å². The molecular weight excluding hydrogens is 378 g/mol. The van der Waals surface area contributed by atoms with Crippen LogP contribution in [0.3, 0.4) is 0 Å². The van der Waals surface area contributed by atoms with Crippen LogP contribution >= 0.6 is 11.8 Å². The summed E-state index contributed by atoms with van der Waals surface area (Å²) < 4.78 is 7.24. The third-order valence-corrected chi connectivity index (χ3v) is 5.87. The van der Waals surface area contributed by atoms with Crippen LogP contribution in [0, 0.1) is 0 Å². The van der Waals surface area contributed by atoms with E-state index in [-0.39, 0.29) is 5.91 Å². The Morgan fingerprint density at radius 1 is 1.29 bits per heavy atom. The summed E-state index contributed by atoms with van der Waals surface area (Å²) in [5, 5.41) is 16.5. The second kappa shape index (κ2) is 8.14. The summed E-state index contributed by atoms with van der Waals surface area (Å²) in [4.78, 5) is 23.3. The fourth-order valence-corrected chi connectivity index (χ4v) is 4.54. The maximum absolute atomic E-state index is 12.0. The van der Waals surface area contributed by atoms with E-state index >= 15 is 0 Å². The van der Waals surface area contributed by atoms with E-state index in [2.05, 4.69) is 20.8 Å². The van der Waals surface area contributed by atoms with Crippen LogP contribution in [0.1, 0.15) is 50.6 Å². The van der Waals surface area contributed by atoms with Crippen LogP contribution in [0.5, 0.6) is 0 Å².